The van der Waals surface area contributed by atoms with Crippen LogP contribution in [0.15, 0.2) is 18.2 Å². The number of carbonyl (C=O) groups excluding carboxylic acids is 1. The van der Waals surface area contributed by atoms with Crippen LogP contribution in [-0.4, -0.2) is 43.4 Å². The molecule has 29 heavy (non-hydrogen) atoms. The molecule has 2 saturated carbocycles. The van der Waals surface area contributed by atoms with Crippen molar-refractivity contribution >= 4 is 17.5 Å². The molecule has 1 unspecified atom stereocenters. The van der Waals surface area contributed by atoms with E-state index in [1.165, 1.54) is 44.9 Å². The molecule has 5 nitrogen and oxygen atoms in total. The summed E-state index contributed by atoms with van der Waals surface area (Å²) in [5.74, 6) is 1.36. The molecule has 0 saturated heterocycles. The Balaban J connectivity index is 0.00000300. The second-order valence-corrected chi connectivity index (χ2v) is 8.99. The summed E-state index contributed by atoms with van der Waals surface area (Å²) < 4.78 is 5.71. The van der Waals surface area contributed by atoms with Crippen LogP contribution in [0.4, 0.5) is 0 Å². The molecule has 1 amide bonds. The fourth-order valence-electron chi connectivity index (χ4n) is 4.75. The predicted molar refractivity (Wildman–Crippen MR) is 117 cm³/mol. The van der Waals surface area contributed by atoms with Gasteiger partial charge in [0.2, 0.25) is 0 Å². The number of aliphatic hydroxyl groups is 1. The van der Waals surface area contributed by atoms with Gasteiger partial charge in [0.15, 0.2) is 0 Å². The van der Waals surface area contributed by atoms with Crippen LogP contribution in [0.1, 0.15) is 62.2 Å². The third-order valence-corrected chi connectivity index (χ3v) is 6.48. The average molecular weight is 423 g/mol. The van der Waals surface area contributed by atoms with E-state index >= 15 is 0 Å². The lowest BCUT2D eigenvalue weighted by atomic mass is 9.62. The lowest BCUT2D eigenvalue weighted by Gasteiger charge is -2.45. The Morgan fingerprint density at radius 1 is 1.34 bits per heavy atom. The molecule has 1 aromatic rings. The van der Waals surface area contributed by atoms with E-state index in [4.69, 9.17) is 16.3 Å². The zero-order chi connectivity index (χ0) is 20.0. The van der Waals surface area contributed by atoms with Gasteiger partial charge in [0.1, 0.15) is 12.4 Å². The summed E-state index contributed by atoms with van der Waals surface area (Å²) in [7, 11) is 0. The van der Waals surface area contributed by atoms with Crippen molar-refractivity contribution in [1.29, 1.82) is 0 Å². The number of hydrogen-bond donors (Lipinski definition) is 3. The number of hydrogen-bond acceptors (Lipinski definition) is 4. The number of rotatable bonds is 9. The molecule has 1 atom stereocenters. The van der Waals surface area contributed by atoms with Crippen LogP contribution in [0.3, 0.4) is 0 Å². The predicted octanol–water partition coefficient (Wildman–Crippen LogP) is 4.11. The normalized spacial score (nSPS) is 24.3. The van der Waals surface area contributed by atoms with Crippen molar-refractivity contribution in [1.82, 2.24) is 10.6 Å². The smallest absolute Gasteiger partial charge is 0.252 e. The summed E-state index contributed by atoms with van der Waals surface area (Å²) in [6.45, 7) is 4.09. The molecule has 0 aliphatic heterocycles. The Bertz CT molecular complexity index is 656. The minimum Gasteiger partial charge on any atom is -0.492 e. The van der Waals surface area contributed by atoms with Gasteiger partial charge < -0.3 is 20.5 Å². The van der Waals surface area contributed by atoms with Gasteiger partial charge in [0, 0.05) is 19.6 Å². The summed E-state index contributed by atoms with van der Waals surface area (Å²) in [6, 6.07) is 5.21. The molecule has 3 rings (SSSR count). The quantitative estimate of drug-likeness (QED) is 0.524. The molecule has 0 spiro atoms. The maximum atomic E-state index is 12.8. The Morgan fingerprint density at radius 3 is 2.76 bits per heavy atom. The van der Waals surface area contributed by atoms with Crippen molar-refractivity contribution in [2.24, 2.45) is 11.3 Å². The third-order valence-electron chi connectivity index (χ3n) is 6.15. The van der Waals surface area contributed by atoms with E-state index in [-0.39, 0.29) is 24.9 Å². The Kier molecular flexibility index (Phi) is 9.25. The molecule has 162 valence electrons. The maximum absolute atomic E-state index is 12.8. The molecule has 2 radical (unpaired) electrons. The molecule has 2 aliphatic carbocycles. The highest BCUT2D eigenvalue weighted by atomic mass is 35.5. The van der Waals surface area contributed by atoms with E-state index in [0.717, 1.165) is 12.5 Å². The van der Waals surface area contributed by atoms with Gasteiger partial charge in [-0.25, -0.2) is 0 Å². The largest absolute Gasteiger partial charge is 0.492 e. The molecule has 1 aromatic carbocycles. The van der Waals surface area contributed by atoms with Gasteiger partial charge in [-0.2, -0.15) is 0 Å². The number of halogens is 1. The first-order valence-electron chi connectivity index (χ1n) is 10.6. The Morgan fingerprint density at radius 2 is 2.07 bits per heavy atom. The van der Waals surface area contributed by atoms with E-state index in [1.54, 1.807) is 25.1 Å². The van der Waals surface area contributed by atoms with Crippen molar-refractivity contribution in [3.05, 3.63) is 36.2 Å². The van der Waals surface area contributed by atoms with Gasteiger partial charge in [0.25, 0.3) is 5.91 Å². The molecule has 3 N–H and O–H groups in total. The van der Waals surface area contributed by atoms with Crippen molar-refractivity contribution < 1.29 is 14.6 Å². The summed E-state index contributed by atoms with van der Waals surface area (Å²) in [6.07, 6.45) is 8.60. The Labute approximate surface area is 180 Å². The van der Waals surface area contributed by atoms with Gasteiger partial charge in [-0.05, 0) is 55.7 Å². The summed E-state index contributed by atoms with van der Waals surface area (Å²) in [5.41, 5.74) is 0.753. The van der Waals surface area contributed by atoms with Crippen molar-refractivity contribution in [2.75, 3.05) is 26.2 Å². The van der Waals surface area contributed by atoms with Gasteiger partial charge in [-0.3, -0.25) is 4.79 Å². The third kappa shape index (κ3) is 6.87. The van der Waals surface area contributed by atoms with E-state index in [9.17, 15) is 9.90 Å². The number of fused-ring (bicyclic) bond motifs is 2. The number of carbonyl (C=O) groups is 1. The van der Waals surface area contributed by atoms with Crippen LogP contribution >= 0.6 is 11.6 Å². The molecule has 0 heterocycles. The topological polar surface area (TPSA) is 70.6 Å². The highest BCUT2D eigenvalue weighted by Gasteiger charge is 2.39. The molecule has 0 aromatic heterocycles. The molecule has 2 fully saturated rings. The van der Waals surface area contributed by atoms with Gasteiger partial charge >= 0.3 is 0 Å². The Hall–Kier alpha value is -1.30. The zero-order valence-corrected chi connectivity index (χ0v) is 18.3. The first-order chi connectivity index (χ1) is 13.5. The van der Waals surface area contributed by atoms with E-state index < -0.39 is 0 Å². The maximum Gasteiger partial charge on any atom is 0.252 e. The van der Waals surface area contributed by atoms with Gasteiger partial charge in [0.05, 0.1) is 16.7 Å². The highest BCUT2D eigenvalue weighted by molar-refractivity contribution is 6.33. The summed E-state index contributed by atoms with van der Waals surface area (Å²) in [4.78, 5) is 12.8. The van der Waals surface area contributed by atoms with Crippen LogP contribution in [0, 0.1) is 18.8 Å². The number of aliphatic hydroxyl groups excluding tert-OH is 1. The van der Waals surface area contributed by atoms with Crippen LogP contribution < -0.4 is 15.4 Å². The van der Waals surface area contributed by atoms with E-state index in [1.807, 2.05) is 0 Å². The summed E-state index contributed by atoms with van der Waals surface area (Å²) >= 11 is 6.28. The standard InChI is InChI=1S/C22H33ClN2O3.CH2/c1-16(26)14-24-10-11-28-18-6-7-20(23)19(12-18)21(27)25-15-22-8-2-4-17(13-22)5-3-9-22;/h6-7,12,16-17,24,26H,2-5,8-11,13-15H2,1H3,(H,25,27);1H2. The lowest BCUT2D eigenvalue weighted by Crippen LogP contribution is -2.43. The average Bonchev–Trinajstić information content (AvgIpc) is 2.67. The SMILES string of the molecule is CC(O)CNCCOc1ccc(Cl)c(C(=O)NCC23CCCC(CCC2)C3)c1.[CH2]. The second-order valence-electron chi connectivity index (χ2n) is 8.58. The van der Waals surface area contributed by atoms with Crippen LogP contribution in [-0.2, 0) is 0 Å². The highest BCUT2D eigenvalue weighted by Crippen LogP contribution is 2.48. The number of amides is 1. The van der Waals surface area contributed by atoms with Gasteiger partial charge in [-0.1, -0.05) is 44.7 Å². The number of nitrogens with one attached hydrogen (secondary N) is 2. The van der Waals surface area contributed by atoms with Crippen LogP contribution in [0.2, 0.25) is 5.02 Å². The number of ether oxygens (including phenoxy) is 1. The van der Waals surface area contributed by atoms with Crippen molar-refractivity contribution in [2.45, 2.75) is 58.0 Å². The van der Waals surface area contributed by atoms with Gasteiger partial charge in [-0.15, -0.1) is 0 Å². The molecular weight excluding hydrogens is 388 g/mol. The van der Waals surface area contributed by atoms with Crippen molar-refractivity contribution in [3.63, 3.8) is 0 Å². The zero-order valence-electron chi connectivity index (χ0n) is 17.5. The lowest BCUT2D eigenvalue weighted by molar-refractivity contribution is 0.0681. The molecular formula is C23H35ClN2O3. The minimum atomic E-state index is -0.381. The first-order valence-corrected chi connectivity index (χ1v) is 10.9. The fourth-order valence-corrected chi connectivity index (χ4v) is 4.96. The van der Waals surface area contributed by atoms with E-state index in [2.05, 4.69) is 10.6 Å². The van der Waals surface area contributed by atoms with E-state index in [0.29, 0.717) is 36.0 Å². The molecule has 2 aliphatic rings. The first kappa shape index (κ1) is 24.0. The summed E-state index contributed by atoms with van der Waals surface area (Å²) in [5, 5.41) is 15.9. The van der Waals surface area contributed by atoms with Crippen LogP contribution in [0.25, 0.3) is 0 Å². The molecule has 2 bridgehead atoms. The monoisotopic (exact) mass is 422 g/mol. The van der Waals surface area contributed by atoms with Crippen molar-refractivity contribution in [3.8, 4) is 5.75 Å². The minimum absolute atomic E-state index is 0. The number of benzene rings is 1. The fraction of sp³-hybridized carbons (Fsp3) is 0.652. The molecule has 6 heteroatoms. The second kappa shape index (κ2) is 11.2. The van der Waals surface area contributed by atoms with Crippen LogP contribution in [0.5, 0.6) is 5.75 Å².